The summed E-state index contributed by atoms with van der Waals surface area (Å²) in [7, 11) is 0. The molecular weight excluding hydrogens is 284 g/mol. The maximum absolute atomic E-state index is 12.5. The standard InChI is InChI=1S/C14H15F2NO4/c15-14(16)21-11-7-2-1-5-9(11)12(18)17-8-4-3-6-10(17)13(19)20/h1-2,5,7,10,14H,3-4,6,8H2,(H,19,20). The Morgan fingerprint density at radius 2 is 2.00 bits per heavy atom. The molecule has 1 fully saturated rings. The molecule has 1 aliphatic heterocycles. The fraction of sp³-hybridized carbons (Fsp3) is 0.429. The molecule has 0 aromatic heterocycles. The van der Waals surface area contributed by atoms with Crippen LogP contribution in [0.15, 0.2) is 24.3 Å². The van der Waals surface area contributed by atoms with Gasteiger partial charge in [-0.1, -0.05) is 12.1 Å². The monoisotopic (exact) mass is 299 g/mol. The van der Waals surface area contributed by atoms with Crippen molar-refractivity contribution in [3.63, 3.8) is 0 Å². The number of benzene rings is 1. The van der Waals surface area contributed by atoms with Gasteiger partial charge in [-0.25, -0.2) is 4.79 Å². The topological polar surface area (TPSA) is 66.8 Å². The summed E-state index contributed by atoms with van der Waals surface area (Å²) >= 11 is 0. The van der Waals surface area contributed by atoms with E-state index in [0.717, 1.165) is 6.42 Å². The molecule has 0 spiro atoms. The number of nitrogens with zero attached hydrogens (tertiary/aromatic N) is 1. The van der Waals surface area contributed by atoms with Crippen LogP contribution in [0, 0.1) is 0 Å². The Bertz CT molecular complexity index is 535. The Morgan fingerprint density at radius 3 is 2.67 bits per heavy atom. The van der Waals surface area contributed by atoms with Crippen LogP contribution in [0.1, 0.15) is 29.6 Å². The predicted molar refractivity (Wildman–Crippen MR) is 69.4 cm³/mol. The molecule has 1 aromatic carbocycles. The highest BCUT2D eigenvalue weighted by Crippen LogP contribution is 2.25. The largest absolute Gasteiger partial charge is 0.480 e. The molecule has 1 aromatic rings. The van der Waals surface area contributed by atoms with Gasteiger partial charge in [0, 0.05) is 6.54 Å². The average molecular weight is 299 g/mol. The number of amides is 1. The molecule has 0 aliphatic carbocycles. The highest BCUT2D eigenvalue weighted by Gasteiger charge is 2.33. The second-order valence-electron chi connectivity index (χ2n) is 4.72. The quantitative estimate of drug-likeness (QED) is 0.927. The van der Waals surface area contributed by atoms with Crippen molar-refractivity contribution in [1.82, 2.24) is 4.90 Å². The van der Waals surface area contributed by atoms with E-state index in [9.17, 15) is 23.5 Å². The minimum Gasteiger partial charge on any atom is -0.480 e. The Morgan fingerprint density at radius 1 is 1.29 bits per heavy atom. The van der Waals surface area contributed by atoms with Gasteiger partial charge in [0.15, 0.2) is 0 Å². The number of carboxylic acids is 1. The zero-order valence-corrected chi connectivity index (χ0v) is 11.2. The molecule has 1 amide bonds. The minimum absolute atomic E-state index is 0.0500. The fourth-order valence-electron chi connectivity index (χ4n) is 2.43. The van der Waals surface area contributed by atoms with Gasteiger partial charge in [0.1, 0.15) is 11.8 Å². The van der Waals surface area contributed by atoms with E-state index < -0.39 is 24.5 Å². The van der Waals surface area contributed by atoms with Crippen molar-refractivity contribution in [1.29, 1.82) is 0 Å². The number of carbonyl (C=O) groups is 2. The van der Waals surface area contributed by atoms with E-state index in [0.29, 0.717) is 19.4 Å². The molecule has 21 heavy (non-hydrogen) atoms. The van der Waals surface area contributed by atoms with E-state index in [-0.39, 0.29) is 11.3 Å². The molecule has 7 heteroatoms. The van der Waals surface area contributed by atoms with Crippen LogP contribution in [0.25, 0.3) is 0 Å². The fourth-order valence-corrected chi connectivity index (χ4v) is 2.43. The van der Waals surface area contributed by atoms with E-state index >= 15 is 0 Å². The van der Waals surface area contributed by atoms with Crippen LogP contribution in [0.2, 0.25) is 0 Å². The zero-order valence-electron chi connectivity index (χ0n) is 11.2. The minimum atomic E-state index is -3.05. The van der Waals surface area contributed by atoms with Gasteiger partial charge >= 0.3 is 12.6 Å². The Balaban J connectivity index is 2.28. The average Bonchev–Trinajstić information content (AvgIpc) is 2.46. The maximum Gasteiger partial charge on any atom is 0.387 e. The van der Waals surface area contributed by atoms with Crippen LogP contribution < -0.4 is 4.74 Å². The number of carboxylic acid groups (broad SMARTS) is 1. The molecule has 1 heterocycles. The number of hydrogen-bond acceptors (Lipinski definition) is 3. The number of carbonyl (C=O) groups excluding carboxylic acids is 1. The van der Waals surface area contributed by atoms with Gasteiger partial charge in [0.05, 0.1) is 5.56 Å². The van der Waals surface area contributed by atoms with Crippen LogP contribution in [0.5, 0.6) is 5.75 Å². The molecule has 0 radical (unpaired) electrons. The second-order valence-corrected chi connectivity index (χ2v) is 4.72. The van der Waals surface area contributed by atoms with Gasteiger partial charge in [0.25, 0.3) is 5.91 Å². The van der Waals surface area contributed by atoms with Crippen molar-refractivity contribution in [2.24, 2.45) is 0 Å². The van der Waals surface area contributed by atoms with Gasteiger partial charge in [0.2, 0.25) is 0 Å². The van der Waals surface area contributed by atoms with Crippen LogP contribution in [-0.4, -0.2) is 41.1 Å². The highest BCUT2D eigenvalue weighted by molar-refractivity contribution is 5.99. The van der Waals surface area contributed by atoms with E-state index in [1.807, 2.05) is 0 Å². The Labute approximate surface area is 120 Å². The smallest absolute Gasteiger partial charge is 0.387 e. The summed E-state index contributed by atoms with van der Waals surface area (Å²) in [5.74, 6) is -1.93. The van der Waals surface area contributed by atoms with Crippen LogP contribution >= 0.6 is 0 Å². The lowest BCUT2D eigenvalue weighted by molar-refractivity contribution is -0.143. The lowest BCUT2D eigenvalue weighted by Crippen LogP contribution is -2.48. The van der Waals surface area contributed by atoms with Crippen molar-refractivity contribution in [3.8, 4) is 5.75 Å². The van der Waals surface area contributed by atoms with Gasteiger partial charge in [-0.3, -0.25) is 4.79 Å². The van der Waals surface area contributed by atoms with E-state index in [1.54, 1.807) is 0 Å². The second kappa shape index (κ2) is 6.51. The summed E-state index contributed by atoms with van der Waals surface area (Å²) < 4.78 is 29.1. The summed E-state index contributed by atoms with van der Waals surface area (Å²) in [5, 5.41) is 9.17. The maximum atomic E-state index is 12.5. The van der Waals surface area contributed by atoms with E-state index in [1.165, 1.54) is 29.2 Å². The Hall–Kier alpha value is -2.18. The zero-order chi connectivity index (χ0) is 15.4. The van der Waals surface area contributed by atoms with Crippen molar-refractivity contribution in [2.75, 3.05) is 6.54 Å². The number of halogens is 2. The first kappa shape index (κ1) is 15.2. The van der Waals surface area contributed by atoms with Crippen molar-refractivity contribution < 1.29 is 28.2 Å². The Kier molecular flexibility index (Phi) is 4.72. The van der Waals surface area contributed by atoms with Crippen LogP contribution in [-0.2, 0) is 4.79 Å². The predicted octanol–water partition coefficient (Wildman–Crippen LogP) is 2.37. The molecule has 114 valence electrons. The lowest BCUT2D eigenvalue weighted by atomic mass is 10.0. The lowest BCUT2D eigenvalue weighted by Gasteiger charge is -2.33. The first-order chi connectivity index (χ1) is 10.0. The van der Waals surface area contributed by atoms with Gasteiger partial charge in [-0.15, -0.1) is 0 Å². The summed E-state index contributed by atoms with van der Waals surface area (Å²) in [6.45, 7) is -2.76. The normalized spacial score (nSPS) is 18.6. The van der Waals surface area contributed by atoms with Crippen LogP contribution in [0.3, 0.4) is 0 Å². The molecule has 2 rings (SSSR count). The molecule has 1 N–H and O–H groups in total. The molecule has 1 atom stereocenters. The number of ether oxygens (including phenoxy) is 1. The number of hydrogen-bond donors (Lipinski definition) is 1. The molecule has 1 saturated heterocycles. The molecule has 1 aliphatic rings. The highest BCUT2D eigenvalue weighted by atomic mass is 19.3. The third-order valence-corrected chi connectivity index (χ3v) is 3.38. The number of aliphatic carboxylic acids is 1. The number of piperidine rings is 1. The number of alkyl halides is 2. The molecular formula is C14H15F2NO4. The van der Waals surface area contributed by atoms with Crippen molar-refractivity contribution in [2.45, 2.75) is 31.9 Å². The molecule has 1 unspecified atom stereocenters. The van der Waals surface area contributed by atoms with Crippen molar-refractivity contribution in [3.05, 3.63) is 29.8 Å². The number of likely N-dealkylation sites (tertiary alicyclic amines) is 1. The third kappa shape index (κ3) is 3.48. The van der Waals surface area contributed by atoms with Crippen molar-refractivity contribution >= 4 is 11.9 Å². The molecule has 5 nitrogen and oxygen atoms in total. The summed E-state index contributed by atoms with van der Waals surface area (Å²) in [6.07, 6.45) is 1.77. The van der Waals surface area contributed by atoms with Gasteiger partial charge < -0.3 is 14.7 Å². The SMILES string of the molecule is O=C(O)C1CCCCN1C(=O)c1ccccc1OC(F)F. The van der Waals surface area contributed by atoms with E-state index in [4.69, 9.17) is 0 Å². The summed E-state index contributed by atoms with van der Waals surface area (Å²) in [5.41, 5.74) is -0.0500. The number of rotatable bonds is 4. The molecule has 0 saturated carbocycles. The number of para-hydroxylation sites is 1. The first-order valence-electron chi connectivity index (χ1n) is 6.58. The third-order valence-electron chi connectivity index (χ3n) is 3.38. The molecule has 0 bridgehead atoms. The van der Waals surface area contributed by atoms with Gasteiger partial charge in [-0.2, -0.15) is 8.78 Å². The summed E-state index contributed by atoms with van der Waals surface area (Å²) in [6, 6.07) is 4.68. The van der Waals surface area contributed by atoms with Gasteiger partial charge in [-0.05, 0) is 31.4 Å². The van der Waals surface area contributed by atoms with E-state index in [2.05, 4.69) is 4.74 Å². The first-order valence-corrected chi connectivity index (χ1v) is 6.58. The van der Waals surface area contributed by atoms with Crippen LogP contribution in [0.4, 0.5) is 8.78 Å². The summed E-state index contributed by atoms with van der Waals surface area (Å²) in [4.78, 5) is 24.9.